The monoisotopic (exact) mass is 278 g/mol. The van der Waals surface area contributed by atoms with E-state index in [4.69, 9.17) is 9.26 Å². The highest BCUT2D eigenvalue weighted by atomic mass is 19.1. The van der Waals surface area contributed by atoms with Gasteiger partial charge >= 0.3 is 0 Å². The molecule has 0 unspecified atom stereocenters. The number of nitrogens with zero attached hydrogens (tertiary/aromatic N) is 2. The number of hydrogen-bond donors (Lipinski definition) is 0. The van der Waals surface area contributed by atoms with Crippen molar-refractivity contribution < 1.29 is 18.4 Å². The molecule has 1 heterocycles. The number of hydrogen-bond acceptors (Lipinski definition) is 5. The second-order valence-electron chi connectivity index (χ2n) is 4.34. The molecule has 6 heteroatoms. The molecule has 0 radical (unpaired) electrons. The molecule has 0 spiro atoms. The Hall–Kier alpha value is -2.24. The van der Waals surface area contributed by atoms with Crippen LogP contribution < -0.4 is 4.74 Å². The molecular formula is C14H15FN2O3. The van der Waals surface area contributed by atoms with Crippen LogP contribution in [0.3, 0.4) is 0 Å². The van der Waals surface area contributed by atoms with Crippen LogP contribution in [0.2, 0.25) is 0 Å². The van der Waals surface area contributed by atoms with Crippen LogP contribution >= 0.6 is 0 Å². The molecule has 0 saturated carbocycles. The van der Waals surface area contributed by atoms with Gasteiger partial charge in [-0.05, 0) is 25.5 Å². The number of ketones is 1. The molecule has 0 aliphatic rings. The van der Waals surface area contributed by atoms with Gasteiger partial charge in [0.05, 0.1) is 5.56 Å². The van der Waals surface area contributed by atoms with Crippen LogP contribution in [0.1, 0.15) is 42.3 Å². The van der Waals surface area contributed by atoms with E-state index in [2.05, 4.69) is 10.1 Å². The Labute approximate surface area is 115 Å². The van der Waals surface area contributed by atoms with Crippen molar-refractivity contribution in [1.29, 1.82) is 0 Å². The number of aromatic nitrogens is 2. The maximum Gasteiger partial charge on any atom is 0.226 e. The maximum atomic E-state index is 13.2. The van der Waals surface area contributed by atoms with Crippen LogP contribution in [-0.4, -0.2) is 15.9 Å². The van der Waals surface area contributed by atoms with Crippen LogP contribution in [0.25, 0.3) is 0 Å². The fraction of sp³-hybridized carbons (Fsp3) is 0.357. The summed E-state index contributed by atoms with van der Waals surface area (Å²) >= 11 is 0. The van der Waals surface area contributed by atoms with Crippen LogP contribution in [0.4, 0.5) is 4.39 Å². The SMILES string of the molecule is CCCc1nc(COc2cc(F)ccc2C(C)=O)no1. The van der Waals surface area contributed by atoms with Crippen molar-refractivity contribution in [1.82, 2.24) is 10.1 Å². The fourth-order valence-corrected chi connectivity index (χ4v) is 1.71. The van der Waals surface area contributed by atoms with Gasteiger partial charge < -0.3 is 9.26 Å². The third-order valence-corrected chi connectivity index (χ3v) is 2.65. The first kappa shape index (κ1) is 14.2. The molecule has 5 nitrogen and oxygen atoms in total. The molecule has 0 aliphatic carbocycles. The van der Waals surface area contributed by atoms with Gasteiger partial charge in [0.2, 0.25) is 11.7 Å². The Morgan fingerprint density at radius 3 is 2.95 bits per heavy atom. The lowest BCUT2D eigenvalue weighted by atomic mass is 10.1. The highest BCUT2D eigenvalue weighted by Crippen LogP contribution is 2.21. The number of ether oxygens (including phenoxy) is 1. The summed E-state index contributed by atoms with van der Waals surface area (Å²) in [5, 5.41) is 3.76. The van der Waals surface area contributed by atoms with Gasteiger partial charge in [0.25, 0.3) is 0 Å². The predicted octanol–water partition coefficient (Wildman–Crippen LogP) is 2.94. The van der Waals surface area contributed by atoms with E-state index in [0.29, 0.717) is 23.7 Å². The number of halogens is 1. The molecule has 0 atom stereocenters. The van der Waals surface area contributed by atoms with Crippen molar-refractivity contribution in [3.63, 3.8) is 0 Å². The minimum atomic E-state index is -0.468. The van der Waals surface area contributed by atoms with E-state index in [1.807, 2.05) is 6.92 Å². The van der Waals surface area contributed by atoms with Crippen LogP contribution in [0, 0.1) is 5.82 Å². The molecule has 0 fully saturated rings. The van der Waals surface area contributed by atoms with E-state index in [1.54, 1.807) is 0 Å². The third-order valence-electron chi connectivity index (χ3n) is 2.65. The molecule has 0 N–H and O–H groups in total. The Bertz CT molecular complexity index is 610. The molecule has 0 bridgehead atoms. The largest absolute Gasteiger partial charge is 0.485 e. The van der Waals surface area contributed by atoms with Crippen LogP contribution in [0.5, 0.6) is 5.75 Å². The minimum absolute atomic E-state index is 0.0247. The summed E-state index contributed by atoms with van der Waals surface area (Å²) in [5.41, 5.74) is 0.323. The van der Waals surface area contributed by atoms with Gasteiger partial charge in [-0.2, -0.15) is 4.98 Å². The number of rotatable bonds is 6. The highest BCUT2D eigenvalue weighted by molar-refractivity contribution is 5.96. The number of carbonyl (C=O) groups is 1. The van der Waals surface area contributed by atoms with Gasteiger partial charge in [-0.15, -0.1) is 0 Å². The van der Waals surface area contributed by atoms with E-state index in [9.17, 15) is 9.18 Å². The average Bonchev–Trinajstić information content (AvgIpc) is 2.84. The normalized spacial score (nSPS) is 10.6. The molecule has 0 aliphatic heterocycles. The Morgan fingerprint density at radius 2 is 2.25 bits per heavy atom. The molecule has 0 amide bonds. The van der Waals surface area contributed by atoms with Crippen molar-refractivity contribution in [2.45, 2.75) is 33.3 Å². The van der Waals surface area contributed by atoms with E-state index in [0.717, 1.165) is 6.42 Å². The molecule has 0 saturated heterocycles. The molecular weight excluding hydrogens is 263 g/mol. The first-order valence-electron chi connectivity index (χ1n) is 6.35. The lowest BCUT2D eigenvalue weighted by Crippen LogP contribution is -2.03. The second kappa shape index (κ2) is 6.27. The standard InChI is InChI=1S/C14H15FN2O3/c1-3-4-14-16-13(17-20-14)8-19-12-7-10(15)5-6-11(12)9(2)18/h5-7H,3-4,8H2,1-2H3. The Kier molecular flexibility index (Phi) is 4.45. The summed E-state index contributed by atoms with van der Waals surface area (Å²) in [6.07, 6.45) is 1.60. The zero-order chi connectivity index (χ0) is 14.5. The quantitative estimate of drug-likeness (QED) is 0.760. The van der Waals surface area contributed by atoms with Gasteiger partial charge in [0, 0.05) is 12.5 Å². The molecule has 106 valence electrons. The number of Topliss-reactive ketones (excluding diaryl/α,β-unsaturated/α-hetero) is 1. The maximum absolute atomic E-state index is 13.2. The van der Waals surface area contributed by atoms with Crippen LogP contribution in [0.15, 0.2) is 22.7 Å². The zero-order valence-electron chi connectivity index (χ0n) is 11.4. The van der Waals surface area contributed by atoms with Crippen molar-refractivity contribution in [3.8, 4) is 5.75 Å². The number of benzene rings is 1. The highest BCUT2D eigenvalue weighted by Gasteiger charge is 2.12. The first-order valence-corrected chi connectivity index (χ1v) is 6.35. The average molecular weight is 278 g/mol. The fourth-order valence-electron chi connectivity index (χ4n) is 1.71. The van der Waals surface area contributed by atoms with Gasteiger partial charge in [0.15, 0.2) is 12.4 Å². The smallest absolute Gasteiger partial charge is 0.226 e. The van der Waals surface area contributed by atoms with Crippen molar-refractivity contribution in [2.75, 3.05) is 0 Å². The van der Waals surface area contributed by atoms with Gasteiger partial charge in [-0.3, -0.25) is 4.79 Å². The summed E-state index contributed by atoms with van der Waals surface area (Å²) in [5.74, 6) is 0.424. The molecule has 1 aromatic carbocycles. The molecule has 20 heavy (non-hydrogen) atoms. The van der Waals surface area contributed by atoms with Crippen LogP contribution in [-0.2, 0) is 13.0 Å². The van der Waals surface area contributed by atoms with E-state index in [-0.39, 0.29) is 18.1 Å². The van der Waals surface area contributed by atoms with Crippen molar-refractivity contribution >= 4 is 5.78 Å². The van der Waals surface area contributed by atoms with Gasteiger partial charge in [-0.1, -0.05) is 12.1 Å². The molecule has 1 aromatic heterocycles. The Balaban J connectivity index is 2.09. The van der Waals surface area contributed by atoms with Gasteiger partial charge in [-0.25, -0.2) is 4.39 Å². The first-order chi connectivity index (χ1) is 9.60. The number of aryl methyl sites for hydroxylation is 1. The van der Waals surface area contributed by atoms with E-state index < -0.39 is 5.82 Å². The molecule has 2 rings (SSSR count). The predicted molar refractivity (Wildman–Crippen MR) is 69.0 cm³/mol. The lowest BCUT2D eigenvalue weighted by molar-refractivity contribution is 0.101. The number of carbonyl (C=O) groups excluding carboxylic acids is 1. The van der Waals surface area contributed by atoms with E-state index in [1.165, 1.54) is 25.1 Å². The van der Waals surface area contributed by atoms with E-state index >= 15 is 0 Å². The second-order valence-corrected chi connectivity index (χ2v) is 4.34. The summed E-state index contributed by atoms with van der Waals surface area (Å²) in [4.78, 5) is 15.6. The third kappa shape index (κ3) is 3.40. The van der Waals surface area contributed by atoms with Gasteiger partial charge in [0.1, 0.15) is 11.6 Å². The molecule has 2 aromatic rings. The zero-order valence-corrected chi connectivity index (χ0v) is 11.4. The summed E-state index contributed by atoms with van der Waals surface area (Å²) in [6.45, 7) is 3.43. The Morgan fingerprint density at radius 1 is 1.45 bits per heavy atom. The lowest BCUT2D eigenvalue weighted by Gasteiger charge is -2.07. The summed E-state index contributed by atoms with van der Waals surface area (Å²) in [7, 11) is 0. The van der Waals surface area contributed by atoms with Crippen molar-refractivity contribution in [2.24, 2.45) is 0 Å². The topological polar surface area (TPSA) is 65.2 Å². The summed E-state index contributed by atoms with van der Waals surface area (Å²) in [6, 6.07) is 3.78. The van der Waals surface area contributed by atoms with Crippen molar-refractivity contribution in [3.05, 3.63) is 41.3 Å². The minimum Gasteiger partial charge on any atom is -0.485 e. The summed E-state index contributed by atoms with van der Waals surface area (Å²) < 4.78 is 23.6.